The first-order valence-electron chi connectivity index (χ1n) is 5.79. The summed E-state index contributed by atoms with van der Waals surface area (Å²) >= 11 is 3.34. The average molecular weight is 354 g/mol. The number of amidine groups is 1. The molecule has 0 radical (unpaired) electrons. The molecule has 0 saturated carbocycles. The van der Waals surface area contributed by atoms with E-state index in [9.17, 15) is 13.2 Å². The Labute approximate surface area is 123 Å². The van der Waals surface area contributed by atoms with Gasteiger partial charge in [-0.15, -0.1) is 0 Å². The summed E-state index contributed by atoms with van der Waals surface area (Å²) in [5.41, 5.74) is 5.92. The Balaban J connectivity index is 2.76. The summed E-state index contributed by atoms with van der Waals surface area (Å²) < 4.78 is 39.1. The summed E-state index contributed by atoms with van der Waals surface area (Å²) in [6.45, 7) is 1.27. The molecule has 0 fully saturated rings. The maximum absolute atomic E-state index is 12.8. The molecule has 2 atom stereocenters. The lowest BCUT2D eigenvalue weighted by Gasteiger charge is -2.22. The Morgan fingerprint density at radius 2 is 2.05 bits per heavy atom. The SMILES string of the molecule is C[C@@H](NCC(/C(N)=N/O)C(F)(F)F)c1ccccc1Br. The van der Waals surface area contributed by atoms with E-state index in [0.717, 1.165) is 10.0 Å². The van der Waals surface area contributed by atoms with Crippen LogP contribution in [0, 0.1) is 5.92 Å². The van der Waals surface area contributed by atoms with Gasteiger partial charge in [0.2, 0.25) is 0 Å². The highest BCUT2D eigenvalue weighted by molar-refractivity contribution is 9.10. The average Bonchev–Trinajstić information content (AvgIpc) is 2.37. The summed E-state index contributed by atoms with van der Waals surface area (Å²) in [7, 11) is 0. The van der Waals surface area contributed by atoms with Crippen molar-refractivity contribution in [3.63, 3.8) is 0 Å². The van der Waals surface area contributed by atoms with E-state index in [2.05, 4.69) is 26.4 Å². The summed E-state index contributed by atoms with van der Waals surface area (Å²) in [6, 6.07) is 6.90. The molecule has 4 nitrogen and oxygen atoms in total. The first-order chi connectivity index (χ1) is 9.27. The smallest absolute Gasteiger partial charge is 0.400 e. The molecule has 8 heteroatoms. The first-order valence-corrected chi connectivity index (χ1v) is 6.58. The van der Waals surface area contributed by atoms with Crippen LogP contribution in [0.5, 0.6) is 0 Å². The van der Waals surface area contributed by atoms with Gasteiger partial charge in [0.25, 0.3) is 0 Å². The largest absolute Gasteiger partial charge is 0.409 e. The highest BCUT2D eigenvalue weighted by atomic mass is 79.9. The Kier molecular flexibility index (Phi) is 5.82. The molecule has 112 valence electrons. The van der Waals surface area contributed by atoms with Crippen molar-refractivity contribution in [2.24, 2.45) is 16.8 Å². The minimum atomic E-state index is -4.57. The Bertz CT molecular complexity index is 479. The van der Waals surface area contributed by atoms with E-state index in [0.29, 0.717) is 0 Å². The van der Waals surface area contributed by atoms with Crippen LogP contribution >= 0.6 is 15.9 Å². The van der Waals surface area contributed by atoms with Gasteiger partial charge in [0.15, 0.2) is 5.84 Å². The third kappa shape index (κ3) is 4.38. The molecular weight excluding hydrogens is 339 g/mol. The second kappa shape index (κ2) is 6.94. The molecule has 20 heavy (non-hydrogen) atoms. The molecule has 0 aliphatic rings. The van der Waals surface area contributed by atoms with Gasteiger partial charge in [0.05, 0.1) is 0 Å². The van der Waals surface area contributed by atoms with E-state index in [1.54, 1.807) is 25.1 Å². The Morgan fingerprint density at radius 1 is 1.45 bits per heavy atom. The third-order valence-corrected chi connectivity index (χ3v) is 3.59. The number of nitrogens with zero attached hydrogens (tertiary/aromatic N) is 1. The predicted molar refractivity (Wildman–Crippen MR) is 73.5 cm³/mol. The van der Waals surface area contributed by atoms with Crippen molar-refractivity contribution < 1.29 is 18.4 Å². The third-order valence-electron chi connectivity index (χ3n) is 2.87. The van der Waals surface area contributed by atoms with Gasteiger partial charge < -0.3 is 16.3 Å². The molecule has 0 aliphatic carbocycles. The van der Waals surface area contributed by atoms with Gasteiger partial charge in [-0.1, -0.05) is 39.3 Å². The first kappa shape index (κ1) is 16.8. The van der Waals surface area contributed by atoms with Crippen LogP contribution in [-0.2, 0) is 0 Å². The fraction of sp³-hybridized carbons (Fsp3) is 0.417. The number of hydrogen-bond acceptors (Lipinski definition) is 3. The summed E-state index contributed by atoms with van der Waals surface area (Å²) in [6.07, 6.45) is -4.57. The van der Waals surface area contributed by atoms with Gasteiger partial charge in [0.1, 0.15) is 5.92 Å². The Morgan fingerprint density at radius 3 is 2.55 bits per heavy atom. The lowest BCUT2D eigenvalue weighted by molar-refractivity contribution is -0.155. The fourth-order valence-electron chi connectivity index (χ4n) is 1.69. The zero-order valence-corrected chi connectivity index (χ0v) is 12.2. The lowest BCUT2D eigenvalue weighted by Crippen LogP contribution is -2.43. The minimum Gasteiger partial charge on any atom is -0.409 e. The molecule has 1 aromatic rings. The van der Waals surface area contributed by atoms with E-state index in [1.807, 2.05) is 6.07 Å². The summed E-state index contributed by atoms with van der Waals surface area (Å²) in [5.74, 6) is -2.89. The van der Waals surface area contributed by atoms with Gasteiger partial charge in [0, 0.05) is 17.1 Å². The van der Waals surface area contributed by atoms with Crippen LogP contribution < -0.4 is 11.1 Å². The molecule has 0 aliphatic heterocycles. The maximum atomic E-state index is 12.8. The molecule has 1 aromatic carbocycles. The molecule has 1 unspecified atom stereocenters. The van der Waals surface area contributed by atoms with E-state index < -0.39 is 24.5 Å². The maximum Gasteiger partial charge on any atom is 0.400 e. The number of hydrogen-bond donors (Lipinski definition) is 3. The molecule has 0 saturated heterocycles. The van der Waals surface area contributed by atoms with Crippen LogP contribution in [0.1, 0.15) is 18.5 Å². The number of oxime groups is 1. The summed E-state index contributed by atoms with van der Waals surface area (Å²) in [5, 5.41) is 13.6. The highest BCUT2D eigenvalue weighted by Crippen LogP contribution is 2.27. The van der Waals surface area contributed by atoms with E-state index in [-0.39, 0.29) is 6.04 Å². The van der Waals surface area contributed by atoms with Crippen molar-refractivity contribution in [1.82, 2.24) is 5.32 Å². The van der Waals surface area contributed by atoms with Gasteiger partial charge in [-0.05, 0) is 18.6 Å². The van der Waals surface area contributed by atoms with Gasteiger partial charge in [-0.3, -0.25) is 0 Å². The minimum absolute atomic E-state index is 0.318. The number of benzene rings is 1. The standard InChI is InChI=1S/C12H15BrF3N3O/c1-7(8-4-2-3-5-10(8)13)18-6-9(11(17)19-20)12(14,15)16/h2-5,7,9,18,20H,6H2,1H3,(H2,17,19)/t7-,9?/m1/s1. The lowest BCUT2D eigenvalue weighted by atomic mass is 10.1. The second-order valence-electron chi connectivity index (χ2n) is 4.27. The van der Waals surface area contributed by atoms with Crippen molar-refractivity contribution in [2.45, 2.75) is 19.1 Å². The molecule has 4 N–H and O–H groups in total. The number of nitrogens with one attached hydrogen (secondary N) is 1. The van der Waals surface area contributed by atoms with Crippen molar-refractivity contribution in [3.8, 4) is 0 Å². The number of alkyl halides is 3. The van der Waals surface area contributed by atoms with Crippen LogP contribution in [0.15, 0.2) is 33.9 Å². The Hall–Kier alpha value is -1.28. The topological polar surface area (TPSA) is 70.6 Å². The predicted octanol–water partition coefficient (Wildman–Crippen LogP) is 3.02. The summed E-state index contributed by atoms with van der Waals surface area (Å²) in [4.78, 5) is 0. The number of nitrogens with two attached hydrogens (primary N) is 1. The van der Waals surface area contributed by atoms with Gasteiger partial charge in [-0.2, -0.15) is 13.2 Å². The molecule has 1 rings (SSSR count). The zero-order chi connectivity index (χ0) is 15.3. The second-order valence-corrected chi connectivity index (χ2v) is 5.12. The van der Waals surface area contributed by atoms with E-state index in [1.165, 1.54) is 0 Å². The van der Waals surface area contributed by atoms with E-state index in [4.69, 9.17) is 10.9 Å². The van der Waals surface area contributed by atoms with Crippen LogP contribution in [-0.4, -0.2) is 23.8 Å². The number of halogens is 4. The molecule has 0 heterocycles. The fourth-order valence-corrected chi connectivity index (χ4v) is 2.32. The monoisotopic (exact) mass is 353 g/mol. The normalized spacial score (nSPS) is 15.9. The van der Waals surface area contributed by atoms with Crippen molar-refractivity contribution in [2.75, 3.05) is 6.54 Å². The van der Waals surface area contributed by atoms with Crippen molar-refractivity contribution in [1.29, 1.82) is 0 Å². The zero-order valence-electron chi connectivity index (χ0n) is 10.7. The molecule has 0 aromatic heterocycles. The number of rotatable bonds is 5. The van der Waals surface area contributed by atoms with Crippen LogP contribution in [0.2, 0.25) is 0 Å². The highest BCUT2D eigenvalue weighted by Gasteiger charge is 2.42. The molecule has 0 amide bonds. The van der Waals surface area contributed by atoms with Crippen LogP contribution in [0.25, 0.3) is 0 Å². The van der Waals surface area contributed by atoms with Gasteiger partial charge >= 0.3 is 6.18 Å². The van der Waals surface area contributed by atoms with Gasteiger partial charge in [-0.25, -0.2) is 0 Å². The van der Waals surface area contributed by atoms with Crippen molar-refractivity contribution in [3.05, 3.63) is 34.3 Å². The molecule has 0 spiro atoms. The molecular formula is C12H15BrF3N3O. The molecule has 0 bridgehead atoms. The van der Waals surface area contributed by atoms with Crippen LogP contribution in [0.4, 0.5) is 13.2 Å². The van der Waals surface area contributed by atoms with E-state index >= 15 is 0 Å². The quantitative estimate of drug-likeness (QED) is 0.330. The van der Waals surface area contributed by atoms with Crippen molar-refractivity contribution >= 4 is 21.8 Å². The van der Waals surface area contributed by atoms with Crippen LogP contribution in [0.3, 0.4) is 0 Å².